The number of hydrogen-bond acceptors (Lipinski definition) is 3. The predicted octanol–water partition coefficient (Wildman–Crippen LogP) is 2.25. The first-order valence-electron chi connectivity index (χ1n) is 4.74. The van der Waals surface area contributed by atoms with Crippen LogP contribution in [0, 0.1) is 0 Å². The van der Waals surface area contributed by atoms with E-state index in [1.807, 2.05) is 0 Å². The smallest absolute Gasteiger partial charge is 0.407 e. The molecule has 0 spiro atoms. The Morgan fingerprint density at radius 2 is 2.25 bits per heavy atom. The third-order valence-corrected chi connectivity index (χ3v) is 2.93. The standard InChI is InChI=1S/C9H9Cl2N3O2/c10-7-3-6(12-8(11)13-7)5-1-2-14(4-5)9(15)16/h3,5H,1-2,4H2,(H,15,16). The van der Waals surface area contributed by atoms with E-state index in [-0.39, 0.29) is 16.4 Å². The van der Waals surface area contributed by atoms with Crippen LogP contribution in [0.4, 0.5) is 4.79 Å². The minimum atomic E-state index is -0.909. The van der Waals surface area contributed by atoms with Crippen LogP contribution in [-0.2, 0) is 0 Å². The molecule has 1 unspecified atom stereocenters. The lowest BCUT2D eigenvalue weighted by Crippen LogP contribution is -2.26. The fourth-order valence-corrected chi connectivity index (χ4v) is 2.21. The second kappa shape index (κ2) is 4.43. The van der Waals surface area contributed by atoms with Crippen LogP contribution in [0.25, 0.3) is 0 Å². The minimum Gasteiger partial charge on any atom is -0.465 e. The third kappa shape index (κ3) is 2.36. The summed E-state index contributed by atoms with van der Waals surface area (Å²) in [6.07, 6.45) is -0.176. The van der Waals surface area contributed by atoms with Gasteiger partial charge >= 0.3 is 6.09 Å². The predicted molar refractivity (Wildman–Crippen MR) is 59.0 cm³/mol. The highest BCUT2D eigenvalue weighted by Crippen LogP contribution is 2.27. The van der Waals surface area contributed by atoms with Crippen molar-refractivity contribution < 1.29 is 9.90 Å². The Morgan fingerprint density at radius 1 is 1.50 bits per heavy atom. The van der Waals surface area contributed by atoms with Gasteiger partial charge in [-0.25, -0.2) is 14.8 Å². The van der Waals surface area contributed by atoms with Gasteiger partial charge in [0.1, 0.15) is 5.15 Å². The van der Waals surface area contributed by atoms with Crippen molar-refractivity contribution in [3.05, 3.63) is 22.2 Å². The Labute approximate surface area is 102 Å². The van der Waals surface area contributed by atoms with Crippen molar-refractivity contribution in [1.82, 2.24) is 14.9 Å². The first-order chi connectivity index (χ1) is 7.56. The normalized spacial score (nSPS) is 20.1. The summed E-state index contributed by atoms with van der Waals surface area (Å²) in [7, 11) is 0. The number of nitrogens with zero attached hydrogens (tertiary/aromatic N) is 3. The molecule has 5 nitrogen and oxygen atoms in total. The van der Waals surface area contributed by atoms with Crippen molar-refractivity contribution in [1.29, 1.82) is 0 Å². The van der Waals surface area contributed by atoms with E-state index in [2.05, 4.69) is 9.97 Å². The van der Waals surface area contributed by atoms with Crippen molar-refractivity contribution in [2.45, 2.75) is 12.3 Å². The molecule has 1 aliphatic rings. The minimum absolute atomic E-state index is 0.0501. The van der Waals surface area contributed by atoms with Gasteiger partial charge < -0.3 is 10.0 Å². The van der Waals surface area contributed by atoms with E-state index in [4.69, 9.17) is 28.3 Å². The number of amides is 1. The van der Waals surface area contributed by atoms with Crippen LogP contribution < -0.4 is 0 Å². The van der Waals surface area contributed by atoms with E-state index in [1.54, 1.807) is 6.07 Å². The Kier molecular flexibility index (Phi) is 3.16. The van der Waals surface area contributed by atoms with Gasteiger partial charge in [0, 0.05) is 19.0 Å². The maximum Gasteiger partial charge on any atom is 0.407 e. The highest BCUT2D eigenvalue weighted by Gasteiger charge is 2.28. The fourth-order valence-electron chi connectivity index (χ4n) is 1.79. The van der Waals surface area contributed by atoms with Gasteiger partial charge in [0.05, 0.1) is 5.69 Å². The number of carbonyl (C=O) groups is 1. The molecule has 0 saturated carbocycles. The number of likely N-dealkylation sites (tertiary alicyclic amines) is 1. The summed E-state index contributed by atoms with van der Waals surface area (Å²) >= 11 is 11.5. The van der Waals surface area contributed by atoms with Gasteiger partial charge in [-0.05, 0) is 24.1 Å². The van der Waals surface area contributed by atoms with Crippen LogP contribution in [0.15, 0.2) is 6.07 Å². The second-order valence-corrected chi connectivity index (χ2v) is 4.32. The number of halogens is 2. The van der Waals surface area contributed by atoms with Crippen LogP contribution >= 0.6 is 23.2 Å². The van der Waals surface area contributed by atoms with E-state index >= 15 is 0 Å². The summed E-state index contributed by atoms with van der Waals surface area (Å²) in [4.78, 5) is 19.9. The first kappa shape index (κ1) is 11.4. The van der Waals surface area contributed by atoms with Crippen LogP contribution in [0.5, 0.6) is 0 Å². The van der Waals surface area contributed by atoms with Crippen LogP contribution in [0.2, 0.25) is 10.4 Å². The summed E-state index contributed by atoms with van der Waals surface area (Å²) < 4.78 is 0. The van der Waals surface area contributed by atoms with Crippen molar-refractivity contribution in [2.24, 2.45) is 0 Å². The molecule has 1 fully saturated rings. The van der Waals surface area contributed by atoms with Gasteiger partial charge in [-0.15, -0.1) is 0 Å². The Morgan fingerprint density at radius 3 is 2.81 bits per heavy atom. The Balaban J connectivity index is 2.17. The zero-order chi connectivity index (χ0) is 11.7. The van der Waals surface area contributed by atoms with Crippen LogP contribution in [0.1, 0.15) is 18.0 Å². The second-order valence-electron chi connectivity index (χ2n) is 3.60. The van der Waals surface area contributed by atoms with Gasteiger partial charge in [-0.1, -0.05) is 11.6 Å². The molecule has 0 bridgehead atoms. The molecule has 1 atom stereocenters. The van der Waals surface area contributed by atoms with E-state index in [0.717, 1.165) is 6.42 Å². The molecular formula is C9H9Cl2N3O2. The average Bonchev–Trinajstić information content (AvgIpc) is 2.64. The first-order valence-corrected chi connectivity index (χ1v) is 5.49. The molecule has 0 aromatic carbocycles. The molecule has 0 radical (unpaired) electrons. The molecule has 1 saturated heterocycles. The molecule has 0 aliphatic carbocycles. The number of hydrogen-bond donors (Lipinski definition) is 1. The molecule has 1 N–H and O–H groups in total. The average molecular weight is 262 g/mol. The topological polar surface area (TPSA) is 66.3 Å². The highest BCUT2D eigenvalue weighted by atomic mass is 35.5. The van der Waals surface area contributed by atoms with Gasteiger partial charge in [-0.3, -0.25) is 0 Å². The summed E-state index contributed by atoms with van der Waals surface area (Å²) in [5.74, 6) is 0.0501. The molecule has 16 heavy (non-hydrogen) atoms. The van der Waals surface area contributed by atoms with Gasteiger partial charge in [0.15, 0.2) is 0 Å². The lowest BCUT2D eigenvalue weighted by Gasteiger charge is -2.11. The fraction of sp³-hybridized carbons (Fsp3) is 0.444. The van der Waals surface area contributed by atoms with E-state index in [9.17, 15) is 4.79 Å². The molecule has 1 amide bonds. The van der Waals surface area contributed by atoms with Crippen LogP contribution in [-0.4, -0.2) is 39.2 Å². The van der Waals surface area contributed by atoms with E-state index in [1.165, 1.54) is 4.90 Å². The zero-order valence-corrected chi connectivity index (χ0v) is 9.74. The molecule has 1 aromatic heterocycles. The molecule has 2 rings (SSSR count). The Hall–Kier alpha value is -1.07. The molecule has 1 aromatic rings. The largest absolute Gasteiger partial charge is 0.465 e. The van der Waals surface area contributed by atoms with Crippen molar-refractivity contribution in [2.75, 3.05) is 13.1 Å². The number of carboxylic acid groups (broad SMARTS) is 1. The Bertz CT molecular complexity index is 407. The van der Waals surface area contributed by atoms with Crippen molar-refractivity contribution in [3.63, 3.8) is 0 Å². The monoisotopic (exact) mass is 261 g/mol. The molecule has 2 heterocycles. The summed E-state index contributed by atoms with van der Waals surface area (Å²) in [6.45, 7) is 0.943. The summed E-state index contributed by atoms with van der Waals surface area (Å²) in [6, 6.07) is 1.63. The molecular weight excluding hydrogens is 253 g/mol. The van der Waals surface area contributed by atoms with Crippen molar-refractivity contribution in [3.8, 4) is 0 Å². The molecule has 1 aliphatic heterocycles. The lowest BCUT2D eigenvalue weighted by molar-refractivity contribution is 0.155. The number of rotatable bonds is 1. The molecule has 86 valence electrons. The van der Waals surface area contributed by atoms with E-state index < -0.39 is 6.09 Å². The SMILES string of the molecule is O=C(O)N1CCC(c2cc(Cl)nc(Cl)n2)C1. The molecule has 7 heteroatoms. The van der Waals surface area contributed by atoms with Gasteiger partial charge in [-0.2, -0.15) is 0 Å². The van der Waals surface area contributed by atoms with Gasteiger partial charge in [0.2, 0.25) is 5.28 Å². The third-order valence-electron chi connectivity index (χ3n) is 2.56. The van der Waals surface area contributed by atoms with Gasteiger partial charge in [0.25, 0.3) is 0 Å². The quantitative estimate of drug-likeness (QED) is 0.622. The maximum absolute atomic E-state index is 10.8. The lowest BCUT2D eigenvalue weighted by atomic mass is 10.1. The van der Waals surface area contributed by atoms with Crippen LogP contribution in [0.3, 0.4) is 0 Å². The summed E-state index contributed by atoms with van der Waals surface area (Å²) in [5.41, 5.74) is 0.703. The number of aromatic nitrogens is 2. The van der Waals surface area contributed by atoms with E-state index in [0.29, 0.717) is 18.8 Å². The highest BCUT2D eigenvalue weighted by molar-refractivity contribution is 6.31. The zero-order valence-electron chi connectivity index (χ0n) is 8.23. The summed E-state index contributed by atoms with van der Waals surface area (Å²) in [5, 5.41) is 9.20. The van der Waals surface area contributed by atoms with Crippen molar-refractivity contribution >= 4 is 29.3 Å². The maximum atomic E-state index is 10.8.